The number of nitrogens with two attached hydrogens (primary N) is 1. The topological polar surface area (TPSA) is 35.2 Å². The third-order valence-corrected chi connectivity index (χ3v) is 3.18. The third-order valence-electron chi connectivity index (χ3n) is 2.89. The van der Waals surface area contributed by atoms with E-state index in [-0.39, 0.29) is 17.2 Å². The lowest BCUT2D eigenvalue weighted by molar-refractivity contribution is 0.242. The lowest BCUT2D eigenvalue weighted by atomic mass is 9.99. The monoisotopic (exact) mass is 293 g/mol. The van der Waals surface area contributed by atoms with Crippen molar-refractivity contribution in [1.82, 2.24) is 0 Å². The van der Waals surface area contributed by atoms with Gasteiger partial charge < -0.3 is 10.5 Å². The van der Waals surface area contributed by atoms with Gasteiger partial charge in [0.1, 0.15) is 11.6 Å². The molecule has 2 rings (SSSR count). The van der Waals surface area contributed by atoms with E-state index in [4.69, 9.17) is 22.1 Å². The summed E-state index contributed by atoms with van der Waals surface area (Å²) in [6, 6.07) is 11.7. The van der Waals surface area contributed by atoms with Crippen molar-refractivity contribution < 1.29 is 9.13 Å². The van der Waals surface area contributed by atoms with Crippen LogP contribution in [0.1, 0.15) is 31.0 Å². The Morgan fingerprint density at radius 1 is 1.10 bits per heavy atom. The largest absolute Gasteiger partial charge is 0.491 e. The van der Waals surface area contributed by atoms with Crippen LogP contribution in [-0.2, 0) is 0 Å². The van der Waals surface area contributed by atoms with Crippen LogP contribution < -0.4 is 10.5 Å². The van der Waals surface area contributed by atoms with Gasteiger partial charge in [0.2, 0.25) is 0 Å². The molecule has 0 fully saturated rings. The van der Waals surface area contributed by atoms with Crippen LogP contribution in [-0.4, -0.2) is 6.10 Å². The highest BCUT2D eigenvalue weighted by Gasteiger charge is 2.12. The van der Waals surface area contributed by atoms with Crippen LogP contribution in [0, 0.1) is 5.82 Å². The molecule has 0 spiro atoms. The summed E-state index contributed by atoms with van der Waals surface area (Å²) in [5.41, 5.74) is 7.85. The van der Waals surface area contributed by atoms with E-state index in [0.29, 0.717) is 0 Å². The van der Waals surface area contributed by atoms with Gasteiger partial charge in [-0.3, -0.25) is 0 Å². The molecule has 2 N–H and O–H groups in total. The van der Waals surface area contributed by atoms with E-state index in [0.717, 1.165) is 16.9 Å². The Morgan fingerprint density at radius 2 is 1.80 bits per heavy atom. The average molecular weight is 294 g/mol. The normalized spacial score (nSPS) is 12.5. The molecule has 0 aromatic heterocycles. The first-order valence-corrected chi connectivity index (χ1v) is 6.82. The smallest absolute Gasteiger partial charge is 0.141 e. The van der Waals surface area contributed by atoms with Crippen LogP contribution in [0.25, 0.3) is 0 Å². The second-order valence-electron chi connectivity index (χ2n) is 4.89. The number of hydrogen-bond donors (Lipinski definition) is 1. The van der Waals surface area contributed by atoms with Crippen LogP contribution in [0.5, 0.6) is 5.75 Å². The lowest BCUT2D eigenvalue weighted by Gasteiger charge is -2.16. The molecule has 1 atom stereocenters. The van der Waals surface area contributed by atoms with Crippen LogP contribution >= 0.6 is 11.6 Å². The van der Waals surface area contributed by atoms with Gasteiger partial charge in [-0.1, -0.05) is 29.8 Å². The van der Waals surface area contributed by atoms with Gasteiger partial charge in [-0.2, -0.15) is 0 Å². The molecule has 4 heteroatoms. The molecule has 0 bridgehead atoms. The molecule has 2 aromatic rings. The predicted molar refractivity (Wildman–Crippen MR) is 79.6 cm³/mol. The molecule has 0 heterocycles. The first-order chi connectivity index (χ1) is 9.47. The van der Waals surface area contributed by atoms with Crippen molar-refractivity contribution in [2.75, 3.05) is 0 Å². The van der Waals surface area contributed by atoms with Crippen LogP contribution in [0.4, 0.5) is 4.39 Å². The molecule has 0 amide bonds. The van der Waals surface area contributed by atoms with E-state index in [1.807, 2.05) is 38.1 Å². The predicted octanol–water partition coefficient (Wildman–Crippen LogP) is 4.31. The summed E-state index contributed by atoms with van der Waals surface area (Å²) in [6.45, 7) is 3.93. The zero-order valence-electron chi connectivity index (χ0n) is 11.4. The second-order valence-corrected chi connectivity index (χ2v) is 5.30. The number of ether oxygens (including phenoxy) is 1. The van der Waals surface area contributed by atoms with Gasteiger partial charge in [-0.25, -0.2) is 4.39 Å². The molecule has 2 aromatic carbocycles. The van der Waals surface area contributed by atoms with Crippen molar-refractivity contribution in [1.29, 1.82) is 0 Å². The van der Waals surface area contributed by atoms with E-state index < -0.39 is 5.82 Å². The summed E-state index contributed by atoms with van der Waals surface area (Å²) in [5.74, 6) is 0.320. The fourth-order valence-electron chi connectivity index (χ4n) is 1.95. The molecule has 106 valence electrons. The van der Waals surface area contributed by atoms with Crippen molar-refractivity contribution in [2.45, 2.75) is 26.0 Å². The molecule has 2 nitrogen and oxygen atoms in total. The Kier molecular flexibility index (Phi) is 4.63. The Balaban J connectivity index is 2.28. The lowest BCUT2D eigenvalue weighted by Crippen LogP contribution is -2.13. The second kappa shape index (κ2) is 6.25. The SMILES string of the molecule is CC(C)Oc1cccc(C(N)c2ccc(F)c(Cl)c2)c1. The summed E-state index contributed by atoms with van der Waals surface area (Å²) in [5, 5.41) is 0.0764. The Labute approximate surface area is 123 Å². The molecule has 0 aliphatic rings. The molecule has 0 aliphatic carbocycles. The van der Waals surface area contributed by atoms with Crippen molar-refractivity contribution in [2.24, 2.45) is 5.73 Å². The third kappa shape index (κ3) is 3.50. The fourth-order valence-corrected chi connectivity index (χ4v) is 2.14. The molecular formula is C16H17ClFNO. The van der Waals surface area contributed by atoms with Gasteiger partial charge in [-0.05, 0) is 49.2 Å². The molecule has 0 radical (unpaired) electrons. The minimum Gasteiger partial charge on any atom is -0.491 e. The highest BCUT2D eigenvalue weighted by atomic mass is 35.5. The molecule has 0 saturated heterocycles. The van der Waals surface area contributed by atoms with Crippen molar-refractivity contribution in [3.05, 3.63) is 64.4 Å². The molecule has 1 unspecified atom stereocenters. The van der Waals surface area contributed by atoms with Crippen molar-refractivity contribution in [3.8, 4) is 5.75 Å². The minimum absolute atomic E-state index is 0.0764. The van der Waals surface area contributed by atoms with Gasteiger partial charge in [0.25, 0.3) is 0 Å². The van der Waals surface area contributed by atoms with E-state index in [2.05, 4.69) is 0 Å². The number of halogens is 2. The van der Waals surface area contributed by atoms with E-state index in [1.54, 1.807) is 12.1 Å². The van der Waals surface area contributed by atoms with E-state index in [9.17, 15) is 4.39 Å². The van der Waals surface area contributed by atoms with Crippen LogP contribution in [0.3, 0.4) is 0 Å². The zero-order valence-corrected chi connectivity index (χ0v) is 12.2. The van der Waals surface area contributed by atoms with E-state index in [1.165, 1.54) is 6.07 Å². The zero-order chi connectivity index (χ0) is 14.7. The van der Waals surface area contributed by atoms with Crippen molar-refractivity contribution >= 4 is 11.6 Å². The Bertz CT molecular complexity index is 601. The molecule has 0 saturated carbocycles. The summed E-state index contributed by atoms with van der Waals surface area (Å²) in [4.78, 5) is 0. The van der Waals surface area contributed by atoms with Crippen LogP contribution in [0.2, 0.25) is 5.02 Å². The van der Waals surface area contributed by atoms with Gasteiger partial charge in [-0.15, -0.1) is 0 Å². The maximum absolute atomic E-state index is 13.2. The first-order valence-electron chi connectivity index (χ1n) is 6.44. The highest BCUT2D eigenvalue weighted by Crippen LogP contribution is 2.26. The average Bonchev–Trinajstić information content (AvgIpc) is 2.40. The summed E-state index contributed by atoms with van der Waals surface area (Å²) >= 11 is 5.79. The Hall–Kier alpha value is -1.58. The van der Waals surface area contributed by atoms with Crippen LogP contribution in [0.15, 0.2) is 42.5 Å². The highest BCUT2D eigenvalue weighted by molar-refractivity contribution is 6.30. The van der Waals surface area contributed by atoms with E-state index >= 15 is 0 Å². The number of benzene rings is 2. The van der Waals surface area contributed by atoms with Gasteiger partial charge in [0.15, 0.2) is 0 Å². The summed E-state index contributed by atoms with van der Waals surface area (Å²) < 4.78 is 18.8. The summed E-state index contributed by atoms with van der Waals surface area (Å²) in [7, 11) is 0. The fraction of sp³-hybridized carbons (Fsp3) is 0.250. The number of hydrogen-bond acceptors (Lipinski definition) is 2. The first kappa shape index (κ1) is 14.8. The molecule has 20 heavy (non-hydrogen) atoms. The maximum atomic E-state index is 13.2. The Morgan fingerprint density at radius 3 is 2.45 bits per heavy atom. The quantitative estimate of drug-likeness (QED) is 0.911. The van der Waals surface area contributed by atoms with Gasteiger partial charge >= 0.3 is 0 Å². The molecular weight excluding hydrogens is 277 g/mol. The summed E-state index contributed by atoms with van der Waals surface area (Å²) in [6.07, 6.45) is 0.0988. The maximum Gasteiger partial charge on any atom is 0.141 e. The van der Waals surface area contributed by atoms with Crippen molar-refractivity contribution in [3.63, 3.8) is 0 Å². The minimum atomic E-state index is -0.445. The number of rotatable bonds is 4. The standard InChI is InChI=1S/C16H17ClFNO/c1-10(2)20-13-5-3-4-11(8-13)16(19)12-6-7-15(18)14(17)9-12/h3-10,16H,19H2,1-2H3. The van der Waals surface area contributed by atoms with Gasteiger partial charge in [0.05, 0.1) is 17.2 Å². The van der Waals surface area contributed by atoms with Gasteiger partial charge in [0, 0.05) is 0 Å². The molecule has 0 aliphatic heterocycles.